The molecule has 0 saturated carbocycles. The van der Waals surface area contributed by atoms with Gasteiger partial charge in [-0.05, 0) is 30.3 Å². The molecule has 0 aromatic heterocycles. The van der Waals surface area contributed by atoms with Crippen molar-refractivity contribution in [2.24, 2.45) is 4.99 Å². The van der Waals surface area contributed by atoms with E-state index in [1.807, 2.05) is 0 Å². The predicted molar refractivity (Wildman–Crippen MR) is 132 cm³/mol. The molecule has 0 saturated heterocycles. The Bertz CT molecular complexity index is 1170. The highest BCUT2D eigenvalue weighted by atomic mass is 79.9. The summed E-state index contributed by atoms with van der Waals surface area (Å²) in [6.45, 7) is -0.271. The van der Waals surface area contributed by atoms with Crippen LogP contribution in [0.2, 0.25) is 5.02 Å². The molecule has 3 rings (SSSR count). The van der Waals surface area contributed by atoms with E-state index >= 15 is 0 Å². The molecule has 13 heteroatoms. The highest BCUT2D eigenvalue weighted by molar-refractivity contribution is 9.10. The number of rotatable bonds is 8. The number of phenols is 1. The Morgan fingerprint density at radius 3 is 2.74 bits per heavy atom. The van der Waals surface area contributed by atoms with E-state index in [0.717, 1.165) is 0 Å². The fourth-order valence-corrected chi connectivity index (χ4v) is 4.08. The number of guanidine groups is 1. The van der Waals surface area contributed by atoms with Crippen LogP contribution in [-0.4, -0.2) is 59.8 Å². The number of benzene rings is 2. The topological polar surface area (TPSA) is 152 Å². The number of nitrogens with zero attached hydrogens (tertiary/aromatic N) is 1. The molecule has 1 aliphatic rings. The number of carboxylic acid groups (broad SMARTS) is 1. The van der Waals surface area contributed by atoms with Crippen molar-refractivity contribution in [3.8, 4) is 5.75 Å². The third-order valence-electron chi connectivity index (χ3n) is 4.88. The molecule has 0 radical (unpaired) electrons. The second-order valence-electron chi connectivity index (χ2n) is 7.60. The van der Waals surface area contributed by atoms with E-state index in [9.17, 15) is 29.0 Å². The molecule has 1 heterocycles. The summed E-state index contributed by atoms with van der Waals surface area (Å²) in [5.41, 5.74) is 0.902. The summed E-state index contributed by atoms with van der Waals surface area (Å²) >= 11 is 9.17. The molecule has 0 bridgehead atoms. The van der Waals surface area contributed by atoms with E-state index in [-0.39, 0.29) is 35.0 Å². The van der Waals surface area contributed by atoms with Gasteiger partial charge in [-0.25, -0.2) is 9.38 Å². The summed E-state index contributed by atoms with van der Waals surface area (Å²) < 4.78 is 13.7. The van der Waals surface area contributed by atoms with Crippen molar-refractivity contribution in [1.29, 1.82) is 0 Å². The van der Waals surface area contributed by atoms with Crippen LogP contribution < -0.4 is 21.3 Å². The van der Waals surface area contributed by atoms with Crippen molar-refractivity contribution < 1.29 is 29.0 Å². The van der Waals surface area contributed by atoms with Gasteiger partial charge in [0, 0.05) is 21.3 Å². The number of nitrogens with one attached hydrogen (secondary N) is 4. The maximum atomic E-state index is 13.2. The van der Waals surface area contributed by atoms with Gasteiger partial charge in [-0.2, -0.15) is 0 Å². The van der Waals surface area contributed by atoms with E-state index in [1.165, 1.54) is 18.2 Å². The van der Waals surface area contributed by atoms with Crippen molar-refractivity contribution in [3.05, 3.63) is 57.0 Å². The first-order valence-corrected chi connectivity index (χ1v) is 11.6. The highest BCUT2D eigenvalue weighted by Crippen LogP contribution is 2.36. The molecular weight excluding hydrogens is 549 g/mol. The maximum absolute atomic E-state index is 13.2. The number of carbonyl (C=O) groups excluding carboxylic acids is 2. The Labute approximate surface area is 213 Å². The quantitative estimate of drug-likeness (QED) is 0.285. The lowest BCUT2D eigenvalue weighted by molar-refractivity contribution is -0.137. The average Bonchev–Trinajstić information content (AvgIpc) is 2.81. The maximum Gasteiger partial charge on any atom is 0.305 e. The Kier molecular flexibility index (Phi) is 8.88. The third-order valence-corrected chi connectivity index (χ3v) is 5.63. The zero-order valence-electron chi connectivity index (χ0n) is 18.1. The summed E-state index contributed by atoms with van der Waals surface area (Å²) in [5.74, 6) is -2.39. The highest BCUT2D eigenvalue weighted by Gasteiger charge is 2.23. The van der Waals surface area contributed by atoms with Crippen molar-refractivity contribution in [2.45, 2.75) is 18.6 Å². The van der Waals surface area contributed by atoms with Gasteiger partial charge in [-0.1, -0.05) is 33.6 Å². The Morgan fingerprint density at radius 1 is 1.29 bits per heavy atom. The summed E-state index contributed by atoms with van der Waals surface area (Å²) in [6, 6.07) is 8.19. The SMILES string of the molecule is O=C(O)CC(NC(=O)CNC(=O)c1cccc(NC2=NCC(F)CN2)c1)c1cc(Br)cc(Cl)c1O. The number of aromatic hydroxyl groups is 1. The lowest BCUT2D eigenvalue weighted by atomic mass is 10.0. The number of anilines is 1. The van der Waals surface area contributed by atoms with Gasteiger partial charge in [0.05, 0.1) is 37.1 Å². The molecule has 2 unspecified atom stereocenters. The molecule has 2 amide bonds. The Hall–Kier alpha value is -3.38. The third kappa shape index (κ3) is 7.55. The number of amides is 2. The molecular formula is C22H22BrClFN5O5. The lowest BCUT2D eigenvalue weighted by Crippen LogP contribution is -2.41. The molecule has 1 aliphatic heterocycles. The summed E-state index contributed by atoms with van der Waals surface area (Å²) in [4.78, 5) is 40.3. The van der Waals surface area contributed by atoms with Crippen LogP contribution in [0, 0.1) is 0 Å². The van der Waals surface area contributed by atoms with Gasteiger partial charge in [0.2, 0.25) is 5.91 Å². The first-order chi connectivity index (χ1) is 16.6. The number of carboxylic acids is 1. The first-order valence-electron chi connectivity index (χ1n) is 10.4. The second-order valence-corrected chi connectivity index (χ2v) is 8.92. The predicted octanol–water partition coefficient (Wildman–Crippen LogP) is 2.58. The van der Waals surface area contributed by atoms with Gasteiger partial charge in [0.25, 0.3) is 5.91 Å². The van der Waals surface area contributed by atoms with Gasteiger partial charge in [-0.15, -0.1) is 0 Å². The molecule has 2 atom stereocenters. The van der Waals surface area contributed by atoms with Crippen LogP contribution in [0.3, 0.4) is 0 Å². The number of halogens is 3. The van der Waals surface area contributed by atoms with E-state index in [1.54, 1.807) is 18.2 Å². The summed E-state index contributed by atoms with van der Waals surface area (Å²) in [7, 11) is 0. The smallest absolute Gasteiger partial charge is 0.305 e. The van der Waals surface area contributed by atoms with Gasteiger partial charge in [-0.3, -0.25) is 14.4 Å². The van der Waals surface area contributed by atoms with E-state index in [0.29, 0.717) is 16.1 Å². The van der Waals surface area contributed by atoms with Gasteiger partial charge in [0.15, 0.2) is 5.96 Å². The van der Waals surface area contributed by atoms with E-state index < -0.39 is 43.0 Å². The Balaban J connectivity index is 1.62. The second kappa shape index (κ2) is 11.8. The first kappa shape index (κ1) is 26.2. The van der Waals surface area contributed by atoms with Gasteiger partial charge >= 0.3 is 5.97 Å². The molecule has 2 aromatic rings. The van der Waals surface area contributed by atoms with E-state index in [4.69, 9.17) is 11.6 Å². The molecule has 6 N–H and O–H groups in total. The molecule has 0 aliphatic carbocycles. The zero-order chi connectivity index (χ0) is 25.5. The minimum Gasteiger partial charge on any atom is -0.506 e. The summed E-state index contributed by atoms with van der Waals surface area (Å²) in [6.07, 6.45) is -1.57. The number of aliphatic carboxylic acids is 1. The standard InChI is InChI=1S/C22H22BrClFN5O5/c23-12-5-15(20(34)16(24)6-12)17(7-19(32)33)30-18(31)10-26-21(35)11-2-1-3-14(4-11)29-22-27-8-13(25)9-28-22/h1-6,13,17,34H,7-10H2,(H,26,35)(H,30,31)(H,32,33)(H2,27,28,29). The number of hydrogen-bond acceptors (Lipinski definition) is 7. The van der Waals surface area contributed by atoms with Crippen LogP contribution in [0.1, 0.15) is 28.4 Å². The summed E-state index contributed by atoms with van der Waals surface area (Å²) in [5, 5.41) is 30.2. The minimum atomic E-state index is -1.21. The van der Waals surface area contributed by atoms with Crippen molar-refractivity contribution in [3.63, 3.8) is 0 Å². The van der Waals surface area contributed by atoms with Crippen LogP contribution in [0.25, 0.3) is 0 Å². The molecule has 35 heavy (non-hydrogen) atoms. The van der Waals surface area contributed by atoms with Crippen molar-refractivity contribution in [1.82, 2.24) is 16.0 Å². The molecule has 186 valence electrons. The lowest BCUT2D eigenvalue weighted by Gasteiger charge is -2.20. The van der Waals surface area contributed by atoms with Crippen molar-refractivity contribution in [2.75, 3.05) is 25.0 Å². The number of carbonyl (C=O) groups is 3. The van der Waals surface area contributed by atoms with Crippen LogP contribution in [0.4, 0.5) is 10.1 Å². The number of alkyl halides is 1. The largest absolute Gasteiger partial charge is 0.506 e. The minimum absolute atomic E-state index is 0.0142. The average molecular weight is 571 g/mol. The van der Waals surface area contributed by atoms with Gasteiger partial charge in [0.1, 0.15) is 11.9 Å². The monoisotopic (exact) mass is 569 g/mol. The molecule has 10 nitrogen and oxygen atoms in total. The van der Waals surface area contributed by atoms with Crippen LogP contribution in [0.15, 0.2) is 45.9 Å². The molecule has 0 fully saturated rings. The van der Waals surface area contributed by atoms with Crippen LogP contribution in [0.5, 0.6) is 5.75 Å². The molecule has 2 aromatic carbocycles. The zero-order valence-corrected chi connectivity index (χ0v) is 20.5. The number of aliphatic imine (C=N–C) groups is 1. The fraction of sp³-hybridized carbons (Fsp3) is 0.273. The fourth-order valence-electron chi connectivity index (χ4n) is 3.25. The van der Waals surface area contributed by atoms with Crippen molar-refractivity contribution >= 4 is 57.0 Å². The number of phenolic OH excluding ortho intramolecular Hbond substituents is 1. The Morgan fingerprint density at radius 2 is 2.06 bits per heavy atom. The van der Waals surface area contributed by atoms with Gasteiger partial charge < -0.3 is 31.5 Å². The normalized spacial score (nSPS) is 15.9. The molecule has 0 spiro atoms. The number of hydrogen-bond donors (Lipinski definition) is 6. The van der Waals surface area contributed by atoms with E-state index in [2.05, 4.69) is 42.2 Å². The van der Waals surface area contributed by atoms with Crippen LogP contribution in [-0.2, 0) is 9.59 Å². The van der Waals surface area contributed by atoms with Crippen LogP contribution >= 0.6 is 27.5 Å².